The van der Waals surface area contributed by atoms with Crippen molar-refractivity contribution in [1.82, 2.24) is 4.98 Å². The lowest BCUT2D eigenvalue weighted by Gasteiger charge is -2.05. The first kappa shape index (κ1) is 12.0. The number of hydrogen-bond acceptors (Lipinski definition) is 3. The van der Waals surface area contributed by atoms with Gasteiger partial charge >= 0.3 is 0 Å². The van der Waals surface area contributed by atoms with Gasteiger partial charge in [-0.05, 0) is 38.4 Å². The largest absolute Gasteiger partial charge is 0.492 e. The van der Waals surface area contributed by atoms with Crippen molar-refractivity contribution in [2.24, 2.45) is 5.73 Å². The maximum atomic E-state index is 5.55. The van der Waals surface area contributed by atoms with Crippen LogP contribution in [0.3, 0.4) is 0 Å². The molecule has 84 valence electrons. The second-order valence-corrected chi connectivity index (χ2v) is 3.69. The second-order valence-electron chi connectivity index (χ2n) is 3.69. The summed E-state index contributed by atoms with van der Waals surface area (Å²) >= 11 is 0. The predicted molar refractivity (Wildman–Crippen MR) is 62.0 cm³/mol. The van der Waals surface area contributed by atoms with Gasteiger partial charge in [-0.3, -0.25) is 4.98 Å². The zero-order chi connectivity index (χ0) is 10.9. The normalized spacial score (nSPS) is 10.3. The molecule has 1 aromatic rings. The molecule has 0 amide bonds. The van der Waals surface area contributed by atoms with E-state index in [9.17, 15) is 0 Å². The molecule has 0 spiro atoms. The first-order valence-electron chi connectivity index (χ1n) is 5.58. The number of nitrogens with two attached hydrogens (primary N) is 1. The van der Waals surface area contributed by atoms with Crippen molar-refractivity contribution in [2.75, 3.05) is 13.2 Å². The quantitative estimate of drug-likeness (QED) is 0.699. The summed E-state index contributed by atoms with van der Waals surface area (Å²) in [6.07, 6.45) is 6.37. The van der Waals surface area contributed by atoms with Crippen LogP contribution < -0.4 is 10.5 Å². The van der Waals surface area contributed by atoms with Gasteiger partial charge in [0.25, 0.3) is 0 Å². The van der Waals surface area contributed by atoms with E-state index in [0.717, 1.165) is 37.4 Å². The van der Waals surface area contributed by atoms with Gasteiger partial charge in [-0.1, -0.05) is 12.8 Å². The topological polar surface area (TPSA) is 48.1 Å². The van der Waals surface area contributed by atoms with Crippen molar-refractivity contribution < 1.29 is 4.74 Å². The Kier molecular flexibility index (Phi) is 5.78. The summed E-state index contributed by atoms with van der Waals surface area (Å²) in [6, 6.07) is 3.92. The summed E-state index contributed by atoms with van der Waals surface area (Å²) in [5.41, 5.74) is 6.43. The summed E-state index contributed by atoms with van der Waals surface area (Å²) < 4.78 is 5.55. The van der Waals surface area contributed by atoms with Crippen molar-refractivity contribution in [2.45, 2.75) is 32.6 Å². The van der Waals surface area contributed by atoms with E-state index < -0.39 is 0 Å². The molecule has 0 aliphatic carbocycles. The maximum Gasteiger partial charge on any atom is 0.137 e. The number of aromatic nitrogens is 1. The fraction of sp³-hybridized carbons (Fsp3) is 0.583. The van der Waals surface area contributed by atoms with Crippen LogP contribution in [-0.4, -0.2) is 18.1 Å². The van der Waals surface area contributed by atoms with Crippen LogP contribution in [0.4, 0.5) is 0 Å². The molecule has 1 heterocycles. The van der Waals surface area contributed by atoms with Crippen LogP contribution in [0.5, 0.6) is 5.75 Å². The van der Waals surface area contributed by atoms with E-state index >= 15 is 0 Å². The highest BCUT2D eigenvalue weighted by Crippen LogP contribution is 2.09. The van der Waals surface area contributed by atoms with E-state index in [1.165, 1.54) is 12.8 Å². The molecular formula is C12H20N2O. The molecule has 3 heteroatoms. The van der Waals surface area contributed by atoms with Crippen LogP contribution >= 0.6 is 0 Å². The molecule has 0 bridgehead atoms. The number of nitrogens with zero attached hydrogens (tertiary/aromatic N) is 1. The van der Waals surface area contributed by atoms with Crippen molar-refractivity contribution in [3.8, 4) is 5.75 Å². The van der Waals surface area contributed by atoms with Crippen LogP contribution in [0, 0.1) is 6.92 Å². The van der Waals surface area contributed by atoms with E-state index in [1.807, 2.05) is 19.1 Å². The molecule has 0 aliphatic heterocycles. The summed E-state index contributed by atoms with van der Waals surface area (Å²) in [6.45, 7) is 3.54. The van der Waals surface area contributed by atoms with E-state index in [-0.39, 0.29) is 0 Å². The maximum absolute atomic E-state index is 5.55. The Labute approximate surface area is 91.7 Å². The minimum absolute atomic E-state index is 0.773. The molecule has 0 unspecified atom stereocenters. The Bertz CT molecular complexity index is 259. The van der Waals surface area contributed by atoms with Gasteiger partial charge in [0.1, 0.15) is 5.75 Å². The Balaban J connectivity index is 2.07. The number of unbranched alkanes of at least 4 members (excludes halogenated alkanes) is 3. The molecule has 0 aromatic carbocycles. The molecule has 3 nitrogen and oxygen atoms in total. The molecule has 1 rings (SSSR count). The minimum Gasteiger partial charge on any atom is -0.492 e. The molecule has 0 saturated carbocycles. The summed E-state index contributed by atoms with van der Waals surface area (Å²) in [5.74, 6) is 0.861. The Morgan fingerprint density at radius 3 is 2.67 bits per heavy atom. The molecular weight excluding hydrogens is 188 g/mol. The fourth-order valence-corrected chi connectivity index (χ4v) is 1.33. The number of hydrogen-bond donors (Lipinski definition) is 1. The van der Waals surface area contributed by atoms with Gasteiger partial charge < -0.3 is 10.5 Å². The van der Waals surface area contributed by atoms with Gasteiger partial charge in [0, 0.05) is 5.69 Å². The van der Waals surface area contributed by atoms with E-state index in [4.69, 9.17) is 10.5 Å². The van der Waals surface area contributed by atoms with Crippen LogP contribution in [0.25, 0.3) is 0 Å². The zero-order valence-corrected chi connectivity index (χ0v) is 9.41. The van der Waals surface area contributed by atoms with Crippen LogP contribution in [-0.2, 0) is 0 Å². The zero-order valence-electron chi connectivity index (χ0n) is 9.41. The molecule has 0 atom stereocenters. The highest BCUT2D eigenvalue weighted by molar-refractivity contribution is 5.18. The van der Waals surface area contributed by atoms with Gasteiger partial charge in [-0.2, -0.15) is 0 Å². The third kappa shape index (κ3) is 5.37. The minimum atomic E-state index is 0.773. The summed E-state index contributed by atoms with van der Waals surface area (Å²) in [7, 11) is 0. The van der Waals surface area contributed by atoms with Gasteiger partial charge in [0.2, 0.25) is 0 Å². The third-order valence-corrected chi connectivity index (χ3v) is 2.25. The van der Waals surface area contributed by atoms with Gasteiger partial charge in [-0.25, -0.2) is 0 Å². The predicted octanol–water partition coefficient (Wildman–Crippen LogP) is 2.29. The van der Waals surface area contributed by atoms with Crippen molar-refractivity contribution in [3.63, 3.8) is 0 Å². The molecule has 2 N–H and O–H groups in total. The summed E-state index contributed by atoms with van der Waals surface area (Å²) in [5, 5.41) is 0. The molecule has 0 saturated heterocycles. The van der Waals surface area contributed by atoms with E-state index in [2.05, 4.69) is 4.98 Å². The highest BCUT2D eigenvalue weighted by Gasteiger charge is 1.94. The van der Waals surface area contributed by atoms with Crippen molar-refractivity contribution >= 4 is 0 Å². The Morgan fingerprint density at radius 2 is 2.00 bits per heavy atom. The third-order valence-electron chi connectivity index (χ3n) is 2.25. The summed E-state index contributed by atoms with van der Waals surface area (Å²) in [4.78, 5) is 4.17. The molecule has 15 heavy (non-hydrogen) atoms. The average molecular weight is 208 g/mol. The smallest absolute Gasteiger partial charge is 0.137 e. The lowest BCUT2D eigenvalue weighted by atomic mass is 10.2. The first-order valence-corrected chi connectivity index (χ1v) is 5.58. The Morgan fingerprint density at radius 1 is 1.20 bits per heavy atom. The number of rotatable bonds is 7. The lowest BCUT2D eigenvalue weighted by Crippen LogP contribution is -2.00. The molecule has 1 aromatic heterocycles. The van der Waals surface area contributed by atoms with Gasteiger partial charge in [-0.15, -0.1) is 0 Å². The Hall–Kier alpha value is -1.09. The van der Waals surface area contributed by atoms with Crippen molar-refractivity contribution in [3.05, 3.63) is 24.0 Å². The highest BCUT2D eigenvalue weighted by atomic mass is 16.5. The van der Waals surface area contributed by atoms with Crippen LogP contribution in [0.15, 0.2) is 18.3 Å². The van der Waals surface area contributed by atoms with Crippen LogP contribution in [0.1, 0.15) is 31.4 Å². The monoisotopic (exact) mass is 208 g/mol. The van der Waals surface area contributed by atoms with Crippen molar-refractivity contribution in [1.29, 1.82) is 0 Å². The average Bonchev–Trinajstić information content (AvgIpc) is 2.26. The van der Waals surface area contributed by atoms with Crippen LogP contribution in [0.2, 0.25) is 0 Å². The van der Waals surface area contributed by atoms with Gasteiger partial charge in [0.05, 0.1) is 12.8 Å². The van der Waals surface area contributed by atoms with Gasteiger partial charge in [0.15, 0.2) is 0 Å². The van der Waals surface area contributed by atoms with E-state index in [1.54, 1.807) is 6.20 Å². The number of ether oxygens (including phenoxy) is 1. The molecule has 0 fully saturated rings. The number of aryl methyl sites for hydroxylation is 1. The fourth-order valence-electron chi connectivity index (χ4n) is 1.33. The van der Waals surface area contributed by atoms with E-state index in [0.29, 0.717) is 0 Å². The second kappa shape index (κ2) is 7.23. The molecule has 0 radical (unpaired) electrons. The number of pyridine rings is 1. The lowest BCUT2D eigenvalue weighted by molar-refractivity contribution is 0.303. The standard InChI is InChI=1S/C12H20N2O/c1-11-6-7-12(10-14-11)15-9-5-3-2-4-8-13/h6-7,10H,2-5,8-9,13H2,1H3. The first-order chi connectivity index (χ1) is 7.33. The molecule has 0 aliphatic rings. The SMILES string of the molecule is Cc1ccc(OCCCCCCN)cn1.